The van der Waals surface area contributed by atoms with E-state index in [1.165, 1.54) is 6.07 Å². The molecule has 0 heterocycles. The number of hydrogen-bond donors (Lipinski definition) is 1. The number of unbranched alkanes of at least 4 members (excludes halogenated alkanes) is 2. The van der Waals surface area contributed by atoms with E-state index in [-0.39, 0.29) is 18.0 Å². The molecule has 0 aliphatic heterocycles. The molecule has 1 N–H and O–H groups in total. The number of aliphatic carboxylic acids is 1. The second kappa shape index (κ2) is 10.3. The van der Waals surface area contributed by atoms with Crippen LogP contribution in [-0.2, 0) is 26.2 Å². The van der Waals surface area contributed by atoms with Crippen molar-refractivity contribution in [3.8, 4) is 0 Å². The van der Waals surface area contributed by atoms with Crippen molar-refractivity contribution >= 4 is 23.3 Å². The molecule has 158 valence electrons. The number of carboxylic acid groups (broad SMARTS) is 1. The monoisotopic (exact) mass is 408 g/mol. The third-order valence-corrected chi connectivity index (χ3v) is 4.10. The average Bonchev–Trinajstić information content (AvgIpc) is 2.61. The zero-order valence-electron chi connectivity index (χ0n) is 16.5. The molecular formula is C19H24N2O8. The molecule has 0 saturated heterocycles. The Kier molecular flexibility index (Phi) is 8.43. The van der Waals surface area contributed by atoms with Crippen LogP contribution in [0.2, 0.25) is 0 Å². The molecule has 10 nitrogen and oxygen atoms in total. The second-order valence-corrected chi connectivity index (χ2v) is 7.40. The summed E-state index contributed by atoms with van der Waals surface area (Å²) in [7, 11) is 0. The lowest BCUT2D eigenvalue weighted by Gasteiger charge is -2.22. The fourth-order valence-electron chi connectivity index (χ4n) is 2.78. The summed E-state index contributed by atoms with van der Waals surface area (Å²) in [5.74, 6) is -2.00. The van der Waals surface area contributed by atoms with E-state index in [0.717, 1.165) is 12.1 Å². The van der Waals surface area contributed by atoms with Crippen molar-refractivity contribution in [1.29, 1.82) is 0 Å². The number of esters is 1. The van der Waals surface area contributed by atoms with E-state index in [2.05, 4.69) is 0 Å². The molecule has 1 rings (SSSR count). The van der Waals surface area contributed by atoms with Crippen molar-refractivity contribution in [1.82, 2.24) is 0 Å². The Morgan fingerprint density at radius 1 is 1.07 bits per heavy atom. The lowest BCUT2D eigenvalue weighted by molar-refractivity contribution is -0.394. The number of benzene rings is 1. The van der Waals surface area contributed by atoms with Gasteiger partial charge in [0.15, 0.2) is 0 Å². The number of carbonyl (C=O) groups is 2. The highest BCUT2D eigenvalue weighted by atomic mass is 16.6. The van der Waals surface area contributed by atoms with Crippen LogP contribution in [0, 0.1) is 20.2 Å². The van der Waals surface area contributed by atoms with Gasteiger partial charge in [0.25, 0.3) is 11.4 Å². The first-order valence-electron chi connectivity index (χ1n) is 8.97. The largest absolute Gasteiger partial charge is 0.478 e. The summed E-state index contributed by atoms with van der Waals surface area (Å²) in [6.07, 6.45) is 3.52. The first-order valence-corrected chi connectivity index (χ1v) is 8.97. The third-order valence-electron chi connectivity index (χ3n) is 4.10. The highest BCUT2D eigenvalue weighted by Gasteiger charge is 2.29. The fraction of sp³-hybridized carbons (Fsp3) is 0.474. The Hall–Kier alpha value is -3.30. The maximum atomic E-state index is 11.5. The van der Waals surface area contributed by atoms with Gasteiger partial charge in [0.05, 0.1) is 22.5 Å². The fourth-order valence-corrected chi connectivity index (χ4v) is 2.78. The summed E-state index contributed by atoms with van der Waals surface area (Å²) in [6, 6.07) is 2.38. The Labute approximate surface area is 167 Å². The van der Waals surface area contributed by atoms with Crippen molar-refractivity contribution in [3.05, 3.63) is 55.6 Å². The molecule has 0 aliphatic rings. The van der Waals surface area contributed by atoms with Gasteiger partial charge >= 0.3 is 11.9 Å². The van der Waals surface area contributed by atoms with Crippen molar-refractivity contribution in [2.75, 3.05) is 6.61 Å². The van der Waals surface area contributed by atoms with Crippen LogP contribution in [0.25, 0.3) is 0 Å². The van der Waals surface area contributed by atoms with Gasteiger partial charge in [0.2, 0.25) is 0 Å². The predicted octanol–water partition coefficient (Wildman–Crippen LogP) is 3.70. The van der Waals surface area contributed by atoms with Gasteiger partial charge in [-0.15, -0.1) is 0 Å². The summed E-state index contributed by atoms with van der Waals surface area (Å²) in [5.41, 5.74) is -0.0721. The zero-order chi connectivity index (χ0) is 22.2. The van der Waals surface area contributed by atoms with Crippen molar-refractivity contribution in [2.45, 2.75) is 51.9 Å². The molecular weight excluding hydrogens is 384 g/mol. The molecule has 1 aromatic rings. The van der Waals surface area contributed by atoms with Crippen LogP contribution in [-0.4, -0.2) is 33.5 Å². The minimum atomic E-state index is -1.25. The minimum absolute atomic E-state index is 0.0945. The quantitative estimate of drug-likeness (QED) is 0.202. The number of nitro benzene ring substituents is 2. The van der Waals surface area contributed by atoms with Crippen LogP contribution in [0.1, 0.15) is 51.2 Å². The number of carbonyl (C=O) groups excluding carboxylic acids is 1. The molecule has 29 heavy (non-hydrogen) atoms. The van der Waals surface area contributed by atoms with Gasteiger partial charge in [-0.25, -0.2) is 9.59 Å². The number of rotatable bonds is 10. The Balaban J connectivity index is 2.80. The van der Waals surface area contributed by atoms with Crippen LogP contribution in [0.5, 0.6) is 0 Å². The van der Waals surface area contributed by atoms with Gasteiger partial charge in [0, 0.05) is 23.8 Å². The van der Waals surface area contributed by atoms with E-state index >= 15 is 0 Å². The second-order valence-electron chi connectivity index (χ2n) is 7.40. The predicted molar refractivity (Wildman–Crippen MR) is 104 cm³/mol. The smallest absolute Gasteiger partial charge is 0.331 e. The van der Waals surface area contributed by atoms with Crippen molar-refractivity contribution in [2.24, 2.45) is 0 Å². The number of nitro groups is 2. The van der Waals surface area contributed by atoms with Crippen LogP contribution in [0.4, 0.5) is 11.4 Å². The van der Waals surface area contributed by atoms with E-state index < -0.39 is 27.2 Å². The van der Waals surface area contributed by atoms with Crippen molar-refractivity contribution in [3.63, 3.8) is 0 Å². The normalized spacial score (nSPS) is 11.4. The number of hydrogen-bond acceptors (Lipinski definition) is 7. The first kappa shape index (κ1) is 23.7. The molecule has 0 amide bonds. The van der Waals surface area contributed by atoms with Gasteiger partial charge in [-0.1, -0.05) is 20.8 Å². The van der Waals surface area contributed by atoms with E-state index in [4.69, 9.17) is 9.84 Å². The summed E-state index contributed by atoms with van der Waals surface area (Å²) in [5, 5.41) is 31.0. The lowest BCUT2D eigenvalue weighted by atomic mass is 9.81. The zero-order valence-corrected chi connectivity index (χ0v) is 16.5. The van der Waals surface area contributed by atoms with Crippen molar-refractivity contribution < 1.29 is 29.3 Å². The highest BCUT2D eigenvalue weighted by molar-refractivity contribution is 5.90. The Morgan fingerprint density at radius 2 is 1.72 bits per heavy atom. The number of carboxylic acids is 1. The van der Waals surface area contributed by atoms with E-state index in [1.807, 2.05) is 20.8 Å². The molecule has 0 atom stereocenters. The number of non-ortho nitro benzene ring substituents is 1. The number of ether oxygens (including phenoxy) is 1. The van der Waals surface area contributed by atoms with Gasteiger partial charge in [-0.2, -0.15) is 0 Å². The standard InChI is InChI=1S/C19H24N2O8/c1-19(2,3)15-11-13(20(25)26)12-16(21(27)28)14(15)7-5-4-6-10-29-18(24)9-8-17(22)23/h8-9,11-12H,4-7,10H2,1-3H3,(H,22,23)/b9-8+. The molecule has 0 unspecified atom stereocenters. The maximum Gasteiger partial charge on any atom is 0.331 e. The van der Waals surface area contributed by atoms with Gasteiger partial charge < -0.3 is 9.84 Å². The minimum Gasteiger partial charge on any atom is -0.478 e. The first-order chi connectivity index (χ1) is 13.4. The summed E-state index contributed by atoms with van der Waals surface area (Å²) >= 11 is 0. The van der Waals surface area contributed by atoms with Crippen LogP contribution in [0.3, 0.4) is 0 Å². The lowest BCUT2D eigenvalue weighted by Crippen LogP contribution is -2.16. The van der Waals surface area contributed by atoms with Gasteiger partial charge in [-0.3, -0.25) is 20.2 Å². The van der Waals surface area contributed by atoms with Crippen LogP contribution >= 0.6 is 0 Å². The molecule has 10 heteroatoms. The molecule has 0 aromatic heterocycles. The van der Waals surface area contributed by atoms with E-state index in [9.17, 15) is 29.8 Å². The molecule has 0 bridgehead atoms. The summed E-state index contributed by atoms with van der Waals surface area (Å²) in [6.45, 7) is 5.60. The summed E-state index contributed by atoms with van der Waals surface area (Å²) < 4.78 is 4.85. The molecule has 0 aliphatic carbocycles. The highest BCUT2D eigenvalue weighted by Crippen LogP contribution is 2.36. The molecule has 0 spiro atoms. The molecule has 0 radical (unpaired) electrons. The molecule has 0 saturated carbocycles. The number of nitrogens with zero attached hydrogens (tertiary/aromatic N) is 2. The van der Waals surface area contributed by atoms with Crippen LogP contribution in [0.15, 0.2) is 24.3 Å². The summed E-state index contributed by atoms with van der Waals surface area (Å²) in [4.78, 5) is 42.9. The van der Waals surface area contributed by atoms with Crippen LogP contribution < -0.4 is 0 Å². The van der Waals surface area contributed by atoms with E-state index in [1.54, 1.807) is 0 Å². The third kappa shape index (κ3) is 7.68. The van der Waals surface area contributed by atoms with Gasteiger partial charge in [-0.05, 0) is 36.7 Å². The SMILES string of the molecule is CC(C)(C)c1cc([N+](=O)[O-])cc([N+](=O)[O-])c1CCCCCOC(=O)/C=C/C(=O)O. The molecule has 1 aromatic carbocycles. The Morgan fingerprint density at radius 3 is 2.24 bits per heavy atom. The topological polar surface area (TPSA) is 150 Å². The Bertz CT molecular complexity index is 824. The van der Waals surface area contributed by atoms with Gasteiger partial charge in [0.1, 0.15) is 0 Å². The van der Waals surface area contributed by atoms with E-state index in [0.29, 0.717) is 42.9 Å². The molecule has 0 fully saturated rings. The average molecular weight is 408 g/mol. The maximum absolute atomic E-state index is 11.5.